The fourth-order valence-electron chi connectivity index (χ4n) is 1.93. The number of carbonyl (C=O) groups is 1. The van der Waals surface area contributed by atoms with Gasteiger partial charge in [-0.2, -0.15) is 5.26 Å². The van der Waals surface area contributed by atoms with Crippen LogP contribution in [-0.4, -0.2) is 18.4 Å². The lowest BCUT2D eigenvalue weighted by atomic mass is 10.2. The summed E-state index contributed by atoms with van der Waals surface area (Å²) in [7, 11) is 0. The number of rotatable bonds is 1. The molecule has 0 N–H and O–H groups in total. The monoisotopic (exact) mass is 234 g/mol. The standard InChI is InChI=1S/C12H11ClN2O/c1-8-12(16)4-5-15(8)10-3-2-9(7-14)11(13)6-10/h2-3,6,8H,4-5H2,1H3/t8-/m0/s1. The number of anilines is 1. The zero-order valence-corrected chi connectivity index (χ0v) is 9.66. The van der Waals surface area contributed by atoms with Crippen molar-refractivity contribution in [3.05, 3.63) is 28.8 Å². The minimum Gasteiger partial charge on any atom is -0.361 e. The SMILES string of the molecule is C[C@H]1C(=O)CCN1c1ccc(C#N)c(Cl)c1. The van der Waals surface area contributed by atoms with Gasteiger partial charge in [0.1, 0.15) is 6.07 Å². The number of benzene rings is 1. The summed E-state index contributed by atoms with van der Waals surface area (Å²) in [6.45, 7) is 2.61. The number of Topliss-reactive ketones (excluding diaryl/α,β-unsaturated/α-hetero) is 1. The second-order valence-electron chi connectivity index (χ2n) is 3.86. The van der Waals surface area contributed by atoms with Crippen LogP contribution in [0.2, 0.25) is 5.02 Å². The number of nitriles is 1. The van der Waals surface area contributed by atoms with Crippen LogP contribution >= 0.6 is 11.6 Å². The van der Waals surface area contributed by atoms with E-state index in [4.69, 9.17) is 16.9 Å². The maximum absolute atomic E-state index is 11.4. The number of nitrogens with zero attached hydrogens (tertiary/aromatic N) is 2. The van der Waals surface area contributed by atoms with E-state index in [0.29, 0.717) is 17.0 Å². The molecule has 0 aliphatic carbocycles. The van der Waals surface area contributed by atoms with Gasteiger partial charge in [0.2, 0.25) is 0 Å². The summed E-state index contributed by atoms with van der Waals surface area (Å²) < 4.78 is 0. The first kappa shape index (κ1) is 11.0. The Hall–Kier alpha value is -1.53. The smallest absolute Gasteiger partial charge is 0.156 e. The number of ketones is 1. The lowest BCUT2D eigenvalue weighted by molar-refractivity contribution is -0.118. The largest absolute Gasteiger partial charge is 0.361 e. The first-order valence-electron chi connectivity index (χ1n) is 5.12. The number of carbonyl (C=O) groups excluding carboxylic acids is 1. The van der Waals surface area contributed by atoms with Gasteiger partial charge in [-0.1, -0.05) is 11.6 Å². The van der Waals surface area contributed by atoms with Crippen LogP contribution < -0.4 is 4.90 Å². The van der Waals surface area contributed by atoms with Crippen LogP contribution in [0.25, 0.3) is 0 Å². The maximum Gasteiger partial charge on any atom is 0.156 e. The van der Waals surface area contributed by atoms with E-state index in [9.17, 15) is 4.79 Å². The van der Waals surface area contributed by atoms with Gasteiger partial charge in [-0.25, -0.2) is 0 Å². The van der Waals surface area contributed by atoms with Crippen molar-refractivity contribution in [3.8, 4) is 6.07 Å². The summed E-state index contributed by atoms with van der Waals surface area (Å²) >= 11 is 5.96. The topological polar surface area (TPSA) is 44.1 Å². The lowest BCUT2D eigenvalue weighted by Crippen LogP contribution is -2.29. The lowest BCUT2D eigenvalue weighted by Gasteiger charge is -2.22. The van der Waals surface area contributed by atoms with Crippen molar-refractivity contribution < 1.29 is 4.79 Å². The molecular weight excluding hydrogens is 224 g/mol. The van der Waals surface area contributed by atoms with Crippen LogP contribution in [0.4, 0.5) is 5.69 Å². The highest BCUT2D eigenvalue weighted by Crippen LogP contribution is 2.27. The predicted octanol–water partition coefficient (Wildman–Crippen LogP) is 2.38. The maximum atomic E-state index is 11.4. The van der Waals surface area contributed by atoms with Gasteiger partial charge < -0.3 is 4.90 Å². The Balaban J connectivity index is 2.33. The van der Waals surface area contributed by atoms with Crippen molar-refractivity contribution in [2.24, 2.45) is 0 Å². The minimum atomic E-state index is -0.0935. The predicted molar refractivity (Wildman–Crippen MR) is 62.6 cm³/mol. The van der Waals surface area contributed by atoms with E-state index < -0.39 is 0 Å². The molecule has 0 unspecified atom stereocenters. The Bertz CT molecular complexity index is 478. The summed E-state index contributed by atoms with van der Waals surface area (Å²) in [5.41, 5.74) is 1.37. The molecule has 0 aromatic heterocycles. The van der Waals surface area contributed by atoms with Crippen molar-refractivity contribution in [2.75, 3.05) is 11.4 Å². The Labute approximate surface area is 99.2 Å². The zero-order chi connectivity index (χ0) is 11.7. The molecule has 82 valence electrons. The summed E-state index contributed by atoms with van der Waals surface area (Å²) in [6, 6.07) is 7.19. The summed E-state index contributed by atoms with van der Waals surface area (Å²) in [6.07, 6.45) is 0.582. The van der Waals surface area contributed by atoms with Gasteiger partial charge in [-0.3, -0.25) is 4.79 Å². The molecule has 1 aromatic rings. The van der Waals surface area contributed by atoms with Crippen molar-refractivity contribution >= 4 is 23.1 Å². The third kappa shape index (κ3) is 1.77. The fourth-order valence-corrected chi connectivity index (χ4v) is 2.15. The highest BCUT2D eigenvalue weighted by molar-refractivity contribution is 6.32. The molecule has 1 heterocycles. The van der Waals surface area contributed by atoms with E-state index in [1.807, 2.05) is 24.0 Å². The van der Waals surface area contributed by atoms with Crippen LogP contribution in [0.1, 0.15) is 18.9 Å². The van der Waals surface area contributed by atoms with E-state index in [0.717, 1.165) is 12.2 Å². The molecule has 0 saturated carbocycles. The quantitative estimate of drug-likeness (QED) is 0.749. The second-order valence-corrected chi connectivity index (χ2v) is 4.27. The molecule has 1 atom stereocenters. The molecule has 1 aliphatic rings. The van der Waals surface area contributed by atoms with Gasteiger partial charge in [0, 0.05) is 18.7 Å². The number of hydrogen-bond donors (Lipinski definition) is 0. The Morgan fingerprint density at radius 1 is 1.56 bits per heavy atom. The van der Waals surface area contributed by atoms with Crippen LogP contribution in [0.5, 0.6) is 0 Å². The first-order valence-corrected chi connectivity index (χ1v) is 5.50. The molecule has 0 amide bonds. The van der Waals surface area contributed by atoms with Crippen LogP contribution in [0.3, 0.4) is 0 Å². The zero-order valence-electron chi connectivity index (χ0n) is 8.90. The molecule has 1 aromatic carbocycles. The van der Waals surface area contributed by atoms with Gasteiger partial charge in [0.15, 0.2) is 5.78 Å². The van der Waals surface area contributed by atoms with Crippen LogP contribution in [0.15, 0.2) is 18.2 Å². The van der Waals surface area contributed by atoms with E-state index in [1.165, 1.54) is 0 Å². The van der Waals surface area contributed by atoms with Crippen molar-refractivity contribution in [1.82, 2.24) is 0 Å². The van der Waals surface area contributed by atoms with Gasteiger partial charge in [-0.15, -0.1) is 0 Å². The molecule has 1 saturated heterocycles. The van der Waals surface area contributed by atoms with Crippen LogP contribution in [0, 0.1) is 11.3 Å². The fraction of sp³-hybridized carbons (Fsp3) is 0.333. The summed E-state index contributed by atoms with van der Waals surface area (Å²) in [4.78, 5) is 13.4. The molecule has 0 bridgehead atoms. The summed E-state index contributed by atoms with van der Waals surface area (Å²) in [5, 5.41) is 9.20. The molecule has 3 nitrogen and oxygen atoms in total. The third-order valence-electron chi connectivity index (χ3n) is 2.94. The van der Waals surface area contributed by atoms with Crippen molar-refractivity contribution in [2.45, 2.75) is 19.4 Å². The molecule has 2 rings (SSSR count). The van der Waals surface area contributed by atoms with Gasteiger partial charge in [0.05, 0.1) is 16.6 Å². The minimum absolute atomic E-state index is 0.0935. The van der Waals surface area contributed by atoms with E-state index in [-0.39, 0.29) is 11.8 Å². The molecule has 0 radical (unpaired) electrons. The summed E-state index contributed by atoms with van der Waals surface area (Å²) in [5.74, 6) is 0.250. The third-order valence-corrected chi connectivity index (χ3v) is 3.25. The number of halogens is 1. The van der Waals surface area contributed by atoms with Gasteiger partial charge in [-0.05, 0) is 25.1 Å². The normalized spacial score (nSPS) is 19.9. The highest BCUT2D eigenvalue weighted by Gasteiger charge is 2.28. The molecule has 1 aliphatic heterocycles. The van der Waals surface area contributed by atoms with Gasteiger partial charge >= 0.3 is 0 Å². The van der Waals surface area contributed by atoms with E-state index in [2.05, 4.69) is 0 Å². The molecule has 16 heavy (non-hydrogen) atoms. The number of hydrogen-bond acceptors (Lipinski definition) is 3. The van der Waals surface area contributed by atoms with Crippen LogP contribution in [-0.2, 0) is 4.79 Å². The second kappa shape index (κ2) is 4.15. The highest BCUT2D eigenvalue weighted by atomic mass is 35.5. The molecular formula is C12H11ClN2O. The molecule has 4 heteroatoms. The van der Waals surface area contributed by atoms with E-state index in [1.54, 1.807) is 12.1 Å². The average Bonchev–Trinajstić information content (AvgIpc) is 2.60. The van der Waals surface area contributed by atoms with E-state index >= 15 is 0 Å². The van der Waals surface area contributed by atoms with Crippen molar-refractivity contribution in [1.29, 1.82) is 5.26 Å². The Morgan fingerprint density at radius 3 is 2.81 bits per heavy atom. The average molecular weight is 235 g/mol. The molecule has 0 spiro atoms. The Kier molecular flexibility index (Phi) is 2.84. The molecule has 1 fully saturated rings. The Morgan fingerprint density at radius 2 is 2.31 bits per heavy atom. The van der Waals surface area contributed by atoms with Crippen molar-refractivity contribution in [3.63, 3.8) is 0 Å². The van der Waals surface area contributed by atoms with Gasteiger partial charge in [0.25, 0.3) is 0 Å². The first-order chi connectivity index (χ1) is 7.63.